The minimum atomic E-state index is 0.568. The molecule has 0 aliphatic rings. The molecule has 0 fully saturated rings. The van der Waals surface area contributed by atoms with E-state index in [2.05, 4.69) is 14.8 Å². The zero-order chi connectivity index (χ0) is 5.54. The second kappa shape index (κ2) is 4.96. The van der Waals surface area contributed by atoms with Gasteiger partial charge in [-0.1, -0.05) is 0 Å². The van der Waals surface area contributed by atoms with Gasteiger partial charge < -0.3 is 4.74 Å². The van der Waals surface area contributed by atoms with Crippen LogP contribution in [0.1, 0.15) is 6.92 Å². The Hall–Kier alpha value is -1.04. The van der Waals surface area contributed by atoms with Crippen LogP contribution in [0.3, 0.4) is 0 Å². The Morgan fingerprint density at radius 1 is 2.00 bits per heavy atom. The third-order valence-corrected chi connectivity index (χ3v) is 0.346. The summed E-state index contributed by atoms with van der Waals surface area (Å²) in [6, 6.07) is 0. The topological polar surface area (TPSA) is 25.9 Å². The molecule has 38 valence electrons. The minimum Gasteiger partial charge on any atom is -0.479 e. The molecule has 0 aliphatic carbocycles. The number of nitrogens with zero attached hydrogens (tertiary/aromatic N) is 2. The standard InChI is InChI=1S/C4H6N2O/c1-3-7-4-6-5-2/h4H,3H2,1H3/b6-4+. The summed E-state index contributed by atoms with van der Waals surface area (Å²) >= 11 is 0. The maximum absolute atomic E-state index is 6.13. The Morgan fingerprint density at radius 2 is 2.71 bits per heavy atom. The van der Waals surface area contributed by atoms with Crippen molar-refractivity contribution in [3.8, 4) is 0 Å². The molecule has 0 saturated carbocycles. The summed E-state index contributed by atoms with van der Waals surface area (Å²) in [5.74, 6) is 0. The van der Waals surface area contributed by atoms with Gasteiger partial charge in [-0.2, -0.15) is 6.57 Å². The predicted molar refractivity (Wildman–Crippen MR) is 26.7 cm³/mol. The maximum atomic E-state index is 6.13. The van der Waals surface area contributed by atoms with Crippen molar-refractivity contribution in [2.75, 3.05) is 6.61 Å². The highest BCUT2D eigenvalue weighted by Crippen LogP contribution is 1.66. The van der Waals surface area contributed by atoms with Crippen LogP contribution in [-0.4, -0.2) is 13.0 Å². The molecule has 0 rings (SSSR count). The van der Waals surface area contributed by atoms with Crippen molar-refractivity contribution in [1.29, 1.82) is 0 Å². The molecule has 0 heterocycles. The van der Waals surface area contributed by atoms with Crippen molar-refractivity contribution in [2.24, 2.45) is 5.10 Å². The Balaban J connectivity index is 2.97. The molecule has 7 heavy (non-hydrogen) atoms. The van der Waals surface area contributed by atoms with Crippen molar-refractivity contribution in [2.45, 2.75) is 6.92 Å². The smallest absolute Gasteiger partial charge is 0.256 e. The van der Waals surface area contributed by atoms with Crippen molar-refractivity contribution in [3.05, 3.63) is 11.5 Å². The van der Waals surface area contributed by atoms with Gasteiger partial charge in [0.15, 0.2) is 0 Å². The summed E-state index contributed by atoms with van der Waals surface area (Å²) in [7, 11) is 0. The number of ether oxygens (including phenoxy) is 1. The molecule has 0 radical (unpaired) electrons. The summed E-state index contributed by atoms with van der Waals surface area (Å²) in [5.41, 5.74) is 0. The molecule has 3 heteroatoms. The van der Waals surface area contributed by atoms with E-state index in [9.17, 15) is 0 Å². The lowest BCUT2D eigenvalue weighted by Gasteiger charge is -1.82. The van der Waals surface area contributed by atoms with E-state index in [0.717, 1.165) is 6.40 Å². The lowest BCUT2D eigenvalue weighted by Crippen LogP contribution is -1.81. The fourth-order valence-electron chi connectivity index (χ4n) is 0.131. The molecule has 0 bridgehead atoms. The van der Waals surface area contributed by atoms with Crippen LogP contribution in [0.4, 0.5) is 0 Å². The third kappa shape index (κ3) is 4.96. The van der Waals surface area contributed by atoms with Gasteiger partial charge in [-0.3, -0.25) is 0 Å². The highest BCUT2D eigenvalue weighted by atomic mass is 16.5. The van der Waals surface area contributed by atoms with Crippen molar-refractivity contribution in [1.82, 2.24) is 0 Å². The van der Waals surface area contributed by atoms with Gasteiger partial charge in [0, 0.05) is 0 Å². The van der Waals surface area contributed by atoms with Crippen LogP contribution in [0.25, 0.3) is 4.95 Å². The molecular weight excluding hydrogens is 92.1 g/mol. The highest BCUT2D eigenvalue weighted by molar-refractivity contribution is 5.46. The maximum Gasteiger partial charge on any atom is 0.256 e. The molecular formula is C4H6N2O. The molecule has 0 aromatic rings. The van der Waals surface area contributed by atoms with Crippen LogP contribution in [-0.2, 0) is 4.74 Å². The van der Waals surface area contributed by atoms with E-state index < -0.39 is 0 Å². The van der Waals surface area contributed by atoms with Gasteiger partial charge in [-0.25, -0.2) is 0 Å². The molecule has 0 unspecified atom stereocenters. The van der Waals surface area contributed by atoms with E-state index >= 15 is 0 Å². The van der Waals surface area contributed by atoms with Gasteiger partial charge in [-0.15, -0.1) is 4.95 Å². The largest absolute Gasteiger partial charge is 0.479 e. The molecule has 0 aliphatic heterocycles. The first-order valence-electron chi connectivity index (χ1n) is 1.91. The fourth-order valence-corrected chi connectivity index (χ4v) is 0.131. The van der Waals surface area contributed by atoms with Gasteiger partial charge in [0.1, 0.15) is 5.10 Å². The molecule has 3 nitrogen and oxygen atoms in total. The zero-order valence-electron chi connectivity index (χ0n) is 4.09. The highest BCUT2D eigenvalue weighted by Gasteiger charge is 1.67. The minimum absolute atomic E-state index is 0.568. The van der Waals surface area contributed by atoms with Gasteiger partial charge in [-0.05, 0) is 6.92 Å². The van der Waals surface area contributed by atoms with Crippen LogP contribution >= 0.6 is 0 Å². The Kier molecular flexibility index (Phi) is 4.22. The second-order valence-electron chi connectivity index (χ2n) is 0.776. The van der Waals surface area contributed by atoms with E-state index in [1.807, 2.05) is 6.92 Å². The Bertz CT molecular complexity index is 92.4. The fraction of sp³-hybridized carbons (Fsp3) is 0.500. The van der Waals surface area contributed by atoms with Gasteiger partial charge >= 0.3 is 0 Å². The number of rotatable bonds is 2. The van der Waals surface area contributed by atoms with Gasteiger partial charge in [0.25, 0.3) is 6.40 Å². The van der Waals surface area contributed by atoms with Crippen molar-refractivity contribution >= 4 is 6.40 Å². The lowest BCUT2D eigenvalue weighted by atomic mass is 10.9. The van der Waals surface area contributed by atoms with Crippen LogP contribution in [0.5, 0.6) is 0 Å². The van der Waals surface area contributed by atoms with Crippen molar-refractivity contribution in [3.63, 3.8) is 0 Å². The Morgan fingerprint density at radius 3 is 3.14 bits per heavy atom. The van der Waals surface area contributed by atoms with Crippen LogP contribution in [0.15, 0.2) is 5.10 Å². The first-order chi connectivity index (χ1) is 3.41. The predicted octanol–water partition coefficient (Wildman–Crippen LogP) is 0.885. The quantitative estimate of drug-likeness (QED) is 0.218. The van der Waals surface area contributed by atoms with Crippen LogP contribution < -0.4 is 0 Å². The molecule has 0 amide bonds. The van der Waals surface area contributed by atoms with E-state index in [-0.39, 0.29) is 0 Å². The molecule has 0 N–H and O–H groups in total. The van der Waals surface area contributed by atoms with E-state index in [0.29, 0.717) is 6.61 Å². The number of hydrogen-bond donors (Lipinski definition) is 0. The van der Waals surface area contributed by atoms with Crippen LogP contribution in [0.2, 0.25) is 0 Å². The zero-order valence-corrected chi connectivity index (χ0v) is 4.09. The molecule has 0 atom stereocenters. The summed E-state index contributed by atoms with van der Waals surface area (Å²) in [4.78, 5) is 2.67. The lowest BCUT2D eigenvalue weighted by molar-refractivity contribution is 0.343. The third-order valence-electron chi connectivity index (χ3n) is 0.346. The molecule has 0 saturated heterocycles. The van der Waals surface area contributed by atoms with E-state index in [1.54, 1.807) is 0 Å². The summed E-state index contributed by atoms with van der Waals surface area (Å²) in [6.45, 7) is 8.53. The molecule has 0 aromatic carbocycles. The monoisotopic (exact) mass is 98.0 g/mol. The average Bonchev–Trinajstić information content (AvgIpc) is 1.69. The first-order valence-corrected chi connectivity index (χ1v) is 1.91. The SMILES string of the molecule is [C-]#[N+]/N=C/OCC. The van der Waals surface area contributed by atoms with E-state index in [4.69, 9.17) is 6.57 Å². The summed E-state index contributed by atoms with van der Waals surface area (Å²) in [6.07, 6.45) is 1.13. The van der Waals surface area contributed by atoms with Crippen LogP contribution in [0, 0.1) is 6.57 Å². The van der Waals surface area contributed by atoms with Crippen molar-refractivity contribution < 1.29 is 4.74 Å². The Labute approximate surface area is 42.4 Å². The summed E-state index contributed by atoms with van der Waals surface area (Å²) < 4.78 is 4.57. The van der Waals surface area contributed by atoms with Gasteiger partial charge in [0.05, 0.1) is 6.61 Å². The van der Waals surface area contributed by atoms with E-state index in [1.165, 1.54) is 0 Å². The average molecular weight is 98.1 g/mol. The first kappa shape index (κ1) is 5.96. The molecule has 0 aromatic heterocycles. The molecule has 0 spiro atoms. The normalized spacial score (nSPS) is 8.57. The van der Waals surface area contributed by atoms with Gasteiger partial charge in [0.2, 0.25) is 0 Å². The second-order valence-corrected chi connectivity index (χ2v) is 0.776. The number of hydrogen-bond acceptors (Lipinski definition) is 2. The summed E-state index contributed by atoms with van der Waals surface area (Å²) in [5, 5.41) is 3.11.